The van der Waals surface area contributed by atoms with Crippen LogP contribution in [0.2, 0.25) is 0 Å². The van der Waals surface area contributed by atoms with E-state index in [2.05, 4.69) is 0 Å². The van der Waals surface area contributed by atoms with E-state index in [1.807, 2.05) is 25.3 Å². The molecule has 0 unspecified atom stereocenters. The van der Waals surface area contributed by atoms with E-state index in [1.165, 1.54) is 0 Å². The third kappa shape index (κ3) is 4.45. The van der Waals surface area contributed by atoms with E-state index in [-0.39, 0.29) is 11.5 Å². The molecule has 0 bridgehead atoms. The van der Waals surface area contributed by atoms with Crippen LogP contribution in [-0.2, 0) is 16.4 Å². The monoisotopic (exact) mass is 259 g/mol. The molecular formula is C11H17NO2S2. The summed E-state index contributed by atoms with van der Waals surface area (Å²) in [5, 5.41) is 0. The first-order valence-electron chi connectivity index (χ1n) is 5.41. The van der Waals surface area contributed by atoms with Crippen molar-refractivity contribution in [1.82, 2.24) is 4.57 Å². The molecule has 0 saturated heterocycles. The van der Waals surface area contributed by atoms with Crippen LogP contribution in [0.15, 0.2) is 24.4 Å². The number of aromatic nitrogens is 1. The average Bonchev–Trinajstić information content (AvgIpc) is 2.26. The maximum absolute atomic E-state index is 11.6. The molecule has 0 aromatic carbocycles. The van der Waals surface area contributed by atoms with Gasteiger partial charge in [-0.05, 0) is 18.6 Å². The SMILES string of the molecule is CCCCS(=O)(=O)CCn1ccccc1=S. The van der Waals surface area contributed by atoms with Gasteiger partial charge in [0.1, 0.15) is 4.64 Å². The number of sulfone groups is 1. The van der Waals surface area contributed by atoms with Crippen LogP contribution in [0.5, 0.6) is 0 Å². The summed E-state index contributed by atoms with van der Waals surface area (Å²) in [6.07, 6.45) is 3.46. The summed E-state index contributed by atoms with van der Waals surface area (Å²) in [6.45, 7) is 2.44. The molecule has 0 aliphatic rings. The van der Waals surface area contributed by atoms with Crippen LogP contribution in [0.1, 0.15) is 19.8 Å². The van der Waals surface area contributed by atoms with Crippen molar-refractivity contribution < 1.29 is 8.42 Å². The van der Waals surface area contributed by atoms with Crippen LogP contribution in [-0.4, -0.2) is 24.5 Å². The molecule has 1 aromatic rings. The minimum Gasteiger partial charge on any atom is -0.338 e. The van der Waals surface area contributed by atoms with Crippen molar-refractivity contribution in [2.45, 2.75) is 26.3 Å². The van der Waals surface area contributed by atoms with Crippen LogP contribution in [0.4, 0.5) is 0 Å². The van der Waals surface area contributed by atoms with Gasteiger partial charge in [0.15, 0.2) is 9.84 Å². The van der Waals surface area contributed by atoms with Gasteiger partial charge in [0.25, 0.3) is 0 Å². The average molecular weight is 259 g/mol. The zero-order chi connectivity index (χ0) is 12.0. The molecular weight excluding hydrogens is 242 g/mol. The molecule has 3 nitrogen and oxygen atoms in total. The molecule has 16 heavy (non-hydrogen) atoms. The molecule has 5 heteroatoms. The Labute approximate surface area is 102 Å². The van der Waals surface area contributed by atoms with Gasteiger partial charge in [0, 0.05) is 12.7 Å². The maximum atomic E-state index is 11.6. The number of hydrogen-bond acceptors (Lipinski definition) is 3. The Morgan fingerprint density at radius 1 is 1.31 bits per heavy atom. The first-order chi connectivity index (χ1) is 7.55. The highest BCUT2D eigenvalue weighted by atomic mass is 32.2. The van der Waals surface area contributed by atoms with Crippen LogP contribution < -0.4 is 0 Å². The van der Waals surface area contributed by atoms with Crippen molar-refractivity contribution >= 4 is 22.1 Å². The van der Waals surface area contributed by atoms with E-state index in [0.29, 0.717) is 11.2 Å². The maximum Gasteiger partial charge on any atom is 0.152 e. The minimum atomic E-state index is -2.93. The summed E-state index contributed by atoms with van der Waals surface area (Å²) < 4.78 is 25.7. The van der Waals surface area contributed by atoms with Crippen LogP contribution in [0.25, 0.3) is 0 Å². The predicted molar refractivity (Wildman–Crippen MR) is 68.8 cm³/mol. The fraction of sp³-hybridized carbons (Fsp3) is 0.545. The van der Waals surface area contributed by atoms with Gasteiger partial charge in [-0.15, -0.1) is 0 Å². The van der Waals surface area contributed by atoms with Crippen molar-refractivity contribution in [3.63, 3.8) is 0 Å². The van der Waals surface area contributed by atoms with Crippen LogP contribution in [0.3, 0.4) is 0 Å². The second kappa shape index (κ2) is 6.15. The summed E-state index contributed by atoms with van der Waals surface area (Å²) >= 11 is 5.10. The van der Waals surface area contributed by atoms with Crippen molar-refractivity contribution in [2.75, 3.05) is 11.5 Å². The van der Waals surface area contributed by atoms with Gasteiger partial charge < -0.3 is 4.57 Å². The normalized spacial score (nSPS) is 11.6. The second-order valence-electron chi connectivity index (χ2n) is 3.74. The number of aryl methyl sites for hydroxylation is 1. The van der Waals surface area contributed by atoms with Crippen molar-refractivity contribution in [3.05, 3.63) is 29.0 Å². The standard InChI is InChI=1S/C11H17NO2S2/c1-2-3-9-16(13,14)10-8-12-7-5-4-6-11(12)15/h4-7H,2-3,8-10H2,1H3. The van der Waals surface area contributed by atoms with E-state index >= 15 is 0 Å². The Morgan fingerprint density at radius 3 is 2.69 bits per heavy atom. The van der Waals surface area contributed by atoms with E-state index in [4.69, 9.17) is 12.2 Å². The van der Waals surface area contributed by atoms with Gasteiger partial charge in [0.05, 0.1) is 11.5 Å². The Balaban J connectivity index is 2.58. The van der Waals surface area contributed by atoms with Crippen molar-refractivity contribution in [1.29, 1.82) is 0 Å². The number of hydrogen-bond donors (Lipinski definition) is 0. The van der Waals surface area contributed by atoms with E-state index in [1.54, 1.807) is 10.6 Å². The van der Waals surface area contributed by atoms with Crippen LogP contribution in [0, 0.1) is 4.64 Å². The lowest BCUT2D eigenvalue weighted by atomic mass is 10.4. The van der Waals surface area contributed by atoms with E-state index in [0.717, 1.165) is 12.8 Å². The summed E-state index contributed by atoms with van der Waals surface area (Å²) in [5.41, 5.74) is 0. The number of rotatable bonds is 6. The fourth-order valence-electron chi connectivity index (χ4n) is 1.35. The molecule has 0 aliphatic carbocycles. The summed E-state index contributed by atoms with van der Waals surface area (Å²) in [6, 6.07) is 5.51. The molecule has 0 fully saturated rings. The molecule has 0 amide bonds. The zero-order valence-electron chi connectivity index (χ0n) is 9.43. The predicted octanol–water partition coefficient (Wildman–Crippen LogP) is 2.43. The van der Waals surface area contributed by atoms with E-state index < -0.39 is 9.84 Å². The highest BCUT2D eigenvalue weighted by molar-refractivity contribution is 7.91. The number of pyridine rings is 1. The Morgan fingerprint density at radius 2 is 2.06 bits per heavy atom. The molecule has 0 radical (unpaired) electrons. The summed E-state index contributed by atoms with van der Waals surface area (Å²) in [7, 11) is -2.93. The highest BCUT2D eigenvalue weighted by Crippen LogP contribution is 2.00. The fourth-order valence-corrected chi connectivity index (χ4v) is 2.99. The third-order valence-corrected chi connectivity index (χ3v) is 4.44. The molecule has 1 heterocycles. The smallest absolute Gasteiger partial charge is 0.152 e. The van der Waals surface area contributed by atoms with Gasteiger partial charge >= 0.3 is 0 Å². The molecule has 90 valence electrons. The zero-order valence-corrected chi connectivity index (χ0v) is 11.1. The number of unbranched alkanes of at least 4 members (excludes halogenated alkanes) is 1. The quantitative estimate of drug-likeness (QED) is 0.737. The summed E-state index contributed by atoms with van der Waals surface area (Å²) in [5.74, 6) is 0.453. The third-order valence-electron chi connectivity index (χ3n) is 2.35. The van der Waals surface area contributed by atoms with Crippen molar-refractivity contribution in [3.8, 4) is 0 Å². The largest absolute Gasteiger partial charge is 0.338 e. The van der Waals surface area contributed by atoms with Gasteiger partial charge in [-0.1, -0.05) is 31.6 Å². The second-order valence-corrected chi connectivity index (χ2v) is 6.46. The molecule has 0 spiro atoms. The lowest BCUT2D eigenvalue weighted by Crippen LogP contribution is -2.16. The molecule has 0 atom stereocenters. The molecule has 1 aromatic heterocycles. The summed E-state index contributed by atoms with van der Waals surface area (Å²) in [4.78, 5) is 0. The van der Waals surface area contributed by atoms with Crippen LogP contribution >= 0.6 is 12.2 Å². The highest BCUT2D eigenvalue weighted by Gasteiger charge is 2.09. The Bertz CT molecular complexity index is 477. The lowest BCUT2D eigenvalue weighted by molar-refractivity contribution is 0.585. The van der Waals surface area contributed by atoms with Gasteiger partial charge in [0.2, 0.25) is 0 Å². The van der Waals surface area contributed by atoms with Gasteiger partial charge in [-0.3, -0.25) is 0 Å². The molecule has 1 rings (SSSR count). The molecule has 0 saturated carbocycles. The molecule has 0 N–H and O–H groups in total. The van der Waals surface area contributed by atoms with Gasteiger partial charge in [-0.2, -0.15) is 0 Å². The number of nitrogens with zero attached hydrogens (tertiary/aromatic N) is 1. The first kappa shape index (κ1) is 13.4. The minimum absolute atomic E-state index is 0.172. The molecule has 0 aliphatic heterocycles. The lowest BCUT2D eigenvalue weighted by Gasteiger charge is -2.07. The van der Waals surface area contributed by atoms with Gasteiger partial charge in [-0.25, -0.2) is 8.42 Å². The van der Waals surface area contributed by atoms with Crippen molar-refractivity contribution in [2.24, 2.45) is 0 Å². The Kier molecular flexibility index (Phi) is 5.15. The Hall–Kier alpha value is -0.680. The first-order valence-corrected chi connectivity index (χ1v) is 7.64. The topological polar surface area (TPSA) is 39.1 Å². The van der Waals surface area contributed by atoms with E-state index in [9.17, 15) is 8.42 Å².